The van der Waals surface area contributed by atoms with Crippen LogP contribution in [-0.4, -0.2) is 6.54 Å². The molecule has 2 rings (SSSR count). The highest BCUT2D eigenvalue weighted by Gasteiger charge is 2.23. The number of hydrogen-bond donors (Lipinski definition) is 1. The van der Waals surface area contributed by atoms with Crippen LogP contribution in [0.5, 0.6) is 0 Å². The minimum absolute atomic E-state index is 0.366. The average molecular weight is 302 g/mol. The Morgan fingerprint density at radius 3 is 2.94 bits per heavy atom. The normalized spacial score (nSPS) is 20.9. The molecule has 1 heterocycles. The highest BCUT2D eigenvalue weighted by Crippen LogP contribution is 2.38. The van der Waals surface area contributed by atoms with Crippen LogP contribution in [0.2, 0.25) is 0 Å². The molecule has 1 nitrogen and oxygen atoms in total. The summed E-state index contributed by atoms with van der Waals surface area (Å²) >= 11 is 5.51. The molecule has 1 aliphatic rings. The van der Waals surface area contributed by atoms with Crippen LogP contribution in [0.4, 0.5) is 0 Å². The van der Waals surface area contributed by atoms with Gasteiger partial charge < -0.3 is 5.32 Å². The molecule has 1 atom stereocenters. The van der Waals surface area contributed by atoms with Gasteiger partial charge in [-0.3, -0.25) is 0 Å². The summed E-state index contributed by atoms with van der Waals surface area (Å²) in [6.45, 7) is 7.94. The van der Waals surface area contributed by atoms with Crippen molar-refractivity contribution in [2.45, 2.75) is 46.1 Å². The van der Waals surface area contributed by atoms with Gasteiger partial charge in [-0.15, -0.1) is 11.3 Å². The molecular weight excluding hydrogens is 282 g/mol. The first-order chi connectivity index (χ1) is 7.46. The largest absolute Gasteiger partial charge is 0.309 e. The van der Waals surface area contributed by atoms with Crippen molar-refractivity contribution in [1.29, 1.82) is 0 Å². The Balaban J connectivity index is 2.07. The first-order valence-electron chi connectivity index (χ1n) is 5.97. The summed E-state index contributed by atoms with van der Waals surface area (Å²) in [5.41, 5.74) is 1.90. The number of halogens is 1. The SMILES string of the molecule is CC(C)(C)CNC1CCCc2sc(Br)cc21. The molecule has 0 radical (unpaired) electrons. The van der Waals surface area contributed by atoms with Crippen LogP contribution < -0.4 is 5.32 Å². The maximum absolute atomic E-state index is 3.72. The Morgan fingerprint density at radius 2 is 2.25 bits per heavy atom. The molecule has 0 aromatic carbocycles. The zero-order valence-electron chi connectivity index (χ0n) is 10.3. The smallest absolute Gasteiger partial charge is 0.0704 e. The van der Waals surface area contributed by atoms with Gasteiger partial charge in [-0.2, -0.15) is 0 Å². The van der Waals surface area contributed by atoms with Gasteiger partial charge in [0, 0.05) is 17.5 Å². The van der Waals surface area contributed by atoms with Gasteiger partial charge >= 0.3 is 0 Å². The first-order valence-corrected chi connectivity index (χ1v) is 7.58. The fraction of sp³-hybridized carbons (Fsp3) is 0.692. The molecule has 1 N–H and O–H groups in total. The number of nitrogens with one attached hydrogen (secondary N) is 1. The molecule has 16 heavy (non-hydrogen) atoms. The lowest BCUT2D eigenvalue weighted by Gasteiger charge is -2.28. The first kappa shape index (κ1) is 12.6. The Hall–Kier alpha value is 0.140. The van der Waals surface area contributed by atoms with E-state index in [9.17, 15) is 0 Å². The van der Waals surface area contributed by atoms with E-state index in [2.05, 4.69) is 48.1 Å². The molecule has 0 amide bonds. The van der Waals surface area contributed by atoms with Gasteiger partial charge in [0.05, 0.1) is 3.79 Å². The van der Waals surface area contributed by atoms with E-state index in [1.807, 2.05) is 11.3 Å². The molecule has 1 unspecified atom stereocenters. The summed E-state index contributed by atoms with van der Waals surface area (Å²) in [6.07, 6.45) is 3.87. The van der Waals surface area contributed by atoms with Crippen LogP contribution in [0.15, 0.2) is 9.85 Å². The summed E-state index contributed by atoms with van der Waals surface area (Å²) < 4.78 is 1.28. The van der Waals surface area contributed by atoms with E-state index in [4.69, 9.17) is 0 Å². The predicted molar refractivity (Wildman–Crippen MR) is 75.2 cm³/mol. The summed E-state index contributed by atoms with van der Waals surface area (Å²) in [5, 5.41) is 3.72. The minimum atomic E-state index is 0.366. The molecule has 1 aromatic rings. The van der Waals surface area contributed by atoms with Gasteiger partial charge in [0.1, 0.15) is 0 Å². The third-order valence-electron chi connectivity index (χ3n) is 2.96. The highest BCUT2D eigenvalue weighted by molar-refractivity contribution is 9.11. The van der Waals surface area contributed by atoms with Crippen molar-refractivity contribution in [3.63, 3.8) is 0 Å². The van der Waals surface area contributed by atoms with Gasteiger partial charge in [-0.05, 0) is 52.2 Å². The van der Waals surface area contributed by atoms with E-state index in [0.717, 1.165) is 6.54 Å². The van der Waals surface area contributed by atoms with Crippen molar-refractivity contribution in [2.75, 3.05) is 6.54 Å². The topological polar surface area (TPSA) is 12.0 Å². The van der Waals surface area contributed by atoms with Crippen molar-refractivity contribution in [1.82, 2.24) is 5.32 Å². The lowest BCUT2D eigenvalue weighted by atomic mass is 9.91. The predicted octanol–water partition coefficient (Wildman–Crippen LogP) is 4.52. The summed E-state index contributed by atoms with van der Waals surface area (Å²) in [6, 6.07) is 2.88. The third kappa shape index (κ3) is 3.08. The molecule has 1 aromatic heterocycles. The second-order valence-electron chi connectivity index (χ2n) is 5.82. The van der Waals surface area contributed by atoms with Crippen LogP contribution in [0.3, 0.4) is 0 Å². The Morgan fingerprint density at radius 1 is 1.50 bits per heavy atom. The standard InChI is InChI=1S/C13H20BrNS/c1-13(2,3)8-15-10-5-4-6-11-9(10)7-12(14)16-11/h7,10,15H,4-6,8H2,1-3H3. The monoisotopic (exact) mass is 301 g/mol. The van der Waals surface area contributed by atoms with E-state index in [0.29, 0.717) is 11.5 Å². The summed E-state index contributed by atoms with van der Waals surface area (Å²) in [4.78, 5) is 1.57. The fourth-order valence-electron chi connectivity index (χ4n) is 2.16. The lowest BCUT2D eigenvalue weighted by molar-refractivity contribution is 0.338. The zero-order valence-corrected chi connectivity index (χ0v) is 12.7. The minimum Gasteiger partial charge on any atom is -0.309 e. The highest BCUT2D eigenvalue weighted by atomic mass is 79.9. The average Bonchev–Trinajstić information content (AvgIpc) is 2.54. The Kier molecular flexibility index (Phi) is 3.77. The number of aryl methyl sites for hydroxylation is 1. The van der Waals surface area contributed by atoms with Crippen molar-refractivity contribution >= 4 is 27.3 Å². The number of hydrogen-bond acceptors (Lipinski definition) is 2. The molecule has 0 aliphatic heterocycles. The molecular formula is C13H20BrNS. The van der Waals surface area contributed by atoms with Crippen molar-refractivity contribution in [3.05, 3.63) is 20.3 Å². The van der Waals surface area contributed by atoms with E-state index in [1.165, 1.54) is 28.6 Å². The second-order valence-corrected chi connectivity index (χ2v) is 8.33. The molecule has 90 valence electrons. The van der Waals surface area contributed by atoms with Crippen LogP contribution in [0, 0.1) is 5.41 Å². The van der Waals surface area contributed by atoms with Gasteiger partial charge in [0.25, 0.3) is 0 Å². The third-order valence-corrected chi connectivity index (χ3v) is 4.68. The molecule has 0 bridgehead atoms. The molecule has 0 spiro atoms. The van der Waals surface area contributed by atoms with Gasteiger partial charge in [0.15, 0.2) is 0 Å². The van der Waals surface area contributed by atoms with E-state index >= 15 is 0 Å². The van der Waals surface area contributed by atoms with Gasteiger partial charge in [0.2, 0.25) is 0 Å². The van der Waals surface area contributed by atoms with E-state index in [-0.39, 0.29) is 0 Å². The van der Waals surface area contributed by atoms with Crippen LogP contribution in [0.25, 0.3) is 0 Å². The lowest BCUT2D eigenvalue weighted by Crippen LogP contribution is -2.32. The zero-order chi connectivity index (χ0) is 11.8. The van der Waals surface area contributed by atoms with Crippen molar-refractivity contribution < 1.29 is 0 Å². The second kappa shape index (κ2) is 4.79. The Labute approximate surface area is 111 Å². The van der Waals surface area contributed by atoms with Crippen LogP contribution >= 0.6 is 27.3 Å². The van der Waals surface area contributed by atoms with Gasteiger partial charge in [-0.25, -0.2) is 0 Å². The van der Waals surface area contributed by atoms with Crippen molar-refractivity contribution in [3.8, 4) is 0 Å². The number of rotatable bonds is 2. The maximum atomic E-state index is 3.72. The van der Waals surface area contributed by atoms with Crippen LogP contribution in [0.1, 0.15) is 50.1 Å². The van der Waals surface area contributed by atoms with Gasteiger partial charge in [-0.1, -0.05) is 20.8 Å². The summed E-state index contributed by atoms with van der Waals surface area (Å²) in [5.74, 6) is 0. The fourth-order valence-corrected chi connectivity index (χ4v) is 3.98. The summed E-state index contributed by atoms with van der Waals surface area (Å²) in [7, 11) is 0. The quantitative estimate of drug-likeness (QED) is 0.846. The van der Waals surface area contributed by atoms with Crippen molar-refractivity contribution in [2.24, 2.45) is 5.41 Å². The van der Waals surface area contributed by atoms with E-state index < -0.39 is 0 Å². The maximum Gasteiger partial charge on any atom is 0.0704 e. The molecule has 0 fully saturated rings. The molecule has 0 saturated carbocycles. The Bertz CT molecular complexity index is 364. The number of thiophene rings is 1. The molecule has 3 heteroatoms. The molecule has 0 saturated heterocycles. The number of fused-ring (bicyclic) bond motifs is 1. The van der Waals surface area contributed by atoms with E-state index in [1.54, 1.807) is 4.88 Å². The van der Waals surface area contributed by atoms with Crippen LogP contribution in [-0.2, 0) is 6.42 Å². The molecule has 1 aliphatic carbocycles.